The average molecular weight is 290 g/mol. The molecule has 3 aliphatic rings. The summed E-state index contributed by atoms with van der Waals surface area (Å²) in [5.74, 6) is 5.37. The third-order valence-corrected chi connectivity index (χ3v) is 7.14. The van der Waals surface area contributed by atoms with Crippen LogP contribution in [0.4, 0.5) is 0 Å². The number of carbonyl (C=O) groups is 1. The molecular weight excluding hydrogens is 256 g/mol. The Labute approximate surface area is 131 Å². The molecule has 0 heterocycles. The first-order chi connectivity index (χ1) is 10.3. The van der Waals surface area contributed by atoms with Crippen molar-refractivity contribution in [3.8, 4) is 0 Å². The van der Waals surface area contributed by atoms with E-state index in [-0.39, 0.29) is 0 Å². The average Bonchev–Trinajstić information content (AvgIpc) is 2.55. The fourth-order valence-corrected chi connectivity index (χ4v) is 5.87. The predicted molar refractivity (Wildman–Crippen MR) is 88.1 cm³/mol. The van der Waals surface area contributed by atoms with Crippen LogP contribution in [-0.4, -0.2) is 6.29 Å². The van der Waals surface area contributed by atoms with Crippen molar-refractivity contribution in [2.24, 2.45) is 35.5 Å². The van der Waals surface area contributed by atoms with Gasteiger partial charge in [0.25, 0.3) is 0 Å². The molecule has 3 fully saturated rings. The van der Waals surface area contributed by atoms with Crippen LogP contribution in [0, 0.1) is 35.5 Å². The maximum Gasteiger partial charge on any atom is 0.123 e. The molecule has 0 aromatic rings. The van der Waals surface area contributed by atoms with E-state index in [1.807, 2.05) is 0 Å². The van der Waals surface area contributed by atoms with Gasteiger partial charge in [0.1, 0.15) is 6.29 Å². The third kappa shape index (κ3) is 3.71. The smallest absolute Gasteiger partial charge is 0.123 e. The van der Waals surface area contributed by atoms with Gasteiger partial charge in [0.05, 0.1) is 0 Å². The summed E-state index contributed by atoms with van der Waals surface area (Å²) in [4.78, 5) is 11.0. The Bertz CT molecular complexity index is 329. The van der Waals surface area contributed by atoms with Crippen LogP contribution in [0.3, 0.4) is 0 Å². The second-order valence-corrected chi connectivity index (χ2v) is 8.37. The number of carbonyl (C=O) groups excluding carboxylic acids is 1. The minimum absolute atomic E-state index is 0.396. The van der Waals surface area contributed by atoms with Crippen molar-refractivity contribution in [2.75, 3.05) is 0 Å². The van der Waals surface area contributed by atoms with E-state index in [2.05, 4.69) is 6.92 Å². The van der Waals surface area contributed by atoms with Crippen molar-refractivity contribution >= 4 is 6.29 Å². The van der Waals surface area contributed by atoms with Gasteiger partial charge in [-0.3, -0.25) is 0 Å². The summed E-state index contributed by atoms with van der Waals surface area (Å²) >= 11 is 0. The molecule has 0 aromatic carbocycles. The number of aldehydes is 1. The first-order valence-electron chi connectivity index (χ1n) is 9.75. The number of hydrogen-bond donors (Lipinski definition) is 0. The Kier molecular flexibility index (Phi) is 5.40. The summed E-state index contributed by atoms with van der Waals surface area (Å²) in [6.07, 6.45) is 18.3. The minimum atomic E-state index is 0.396. The van der Waals surface area contributed by atoms with Crippen LogP contribution in [0.5, 0.6) is 0 Å². The Morgan fingerprint density at radius 2 is 1.33 bits per heavy atom. The lowest BCUT2D eigenvalue weighted by Crippen LogP contribution is -2.34. The van der Waals surface area contributed by atoms with Crippen molar-refractivity contribution < 1.29 is 4.79 Å². The van der Waals surface area contributed by atoms with Gasteiger partial charge in [-0.15, -0.1) is 0 Å². The van der Waals surface area contributed by atoms with Gasteiger partial charge in [0.2, 0.25) is 0 Å². The Hall–Kier alpha value is -0.330. The zero-order valence-corrected chi connectivity index (χ0v) is 13.9. The SMILES string of the molecule is CCCC1CCC(C2CCC3CC(C=O)CCC3C2)CC1. The zero-order chi connectivity index (χ0) is 14.7. The first kappa shape index (κ1) is 15.6. The van der Waals surface area contributed by atoms with Crippen molar-refractivity contribution in [1.82, 2.24) is 0 Å². The van der Waals surface area contributed by atoms with Crippen molar-refractivity contribution in [3.05, 3.63) is 0 Å². The van der Waals surface area contributed by atoms with E-state index >= 15 is 0 Å². The van der Waals surface area contributed by atoms with Gasteiger partial charge >= 0.3 is 0 Å². The van der Waals surface area contributed by atoms with E-state index in [0.29, 0.717) is 5.92 Å². The summed E-state index contributed by atoms with van der Waals surface area (Å²) in [6, 6.07) is 0. The van der Waals surface area contributed by atoms with Gasteiger partial charge in [0, 0.05) is 5.92 Å². The van der Waals surface area contributed by atoms with Crippen LogP contribution in [0.25, 0.3) is 0 Å². The molecule has 120 valence electrons. The molecule has 0 amide bonds. The van der Waals surface area contributed by atoms with E-state index < -0.39 is 0 Å². The van der Waals surface area contributed by atoms with Gasteiger partial charge in [-0.25, -0.2) is 0 Å². The fourth-order valence-electron chi connectivity index (χ4n) is 5.87. The molecule has 3 aliphatic carbocycles. The molecule has 21 heavy (non-hydrogen) atoms. The van der Waals surface area contributed by atoms with Crippen LogP contribution in [0.1, 0.15) is 84.0 Å². The van der Waals surface area contributed by atoms with E-state index in [4.69, 9.17) is 0 Å². The quantitative estimate of drug-likeness (QED) is 0.614. The fraction of sp³-hybridized carbons (Fsp3) is 0.950. The van der Waals surface area contributed by atoms with Crippen LogP contribution in [0.2, 0.25) is 0 Å². The molecule has 0 aromatic heterocycles. The zero-order valence-electron chi connectivity index (χ0n) is 13.9. The predicted octanol–water partition coefficient (Wildman–Crippen LogP) is 5.62. The highest BCUT2D eigenvalue weighted by molar-refractivity contribution is 5.53. The van der Waals surface area contributed by atoms with Crippen LogP contribution < -0.4 is 0 Å². The van der Waals surface area contributed by atoms with Crippen LogP contribution in [-0.2, 0) is 4.79 Å². The Morgan fingerprint density at radius 3 is 2.00 bits per heavy atom. The van der Waals surface area contributed by atoms with E-state index in [1.54, 1.807) is 0 Å². The molecule has 0 N–H and O–H groups in total. The molecule has 0 radical (unpaired) electrons. The van der Waals surface area contributed by atoms with Crippen molar-refractivity contribution in [3.63, 3.8) is 0 Å². The second kappa shape index (κ2) is 7.29. The summed E-state index contributed by atoms with van der Waals surface area (Å²) in [6.45, 7) is 2.34. The highest BCUT2D eigenvalue weighted by Crippen LogP contribution is 2.48. The molecule has 0 spiro atoms. The highest BCUT2D eigenvalue weighted by atomic mass is 16.1. The lowest BCUT2D eigenvalue weighted by atomic mass is 9.61. The summed E-state index contributed by atoms with van der Waals surface area (Å²) < 4.78 is 0. The maximum atomic E-state index is 11.0. The summed E-state index contributed by atoms with van der Waals surface area (Å²) in [7, 11) is 0. The van der Waals surface area contributed by atoms with Gasteiger partial charge in [-0.1, -0.05) is 32.6 Å². The standard InChI is InChI=1S/C20H34O/c1-2-3-15-4-7-17(8-5-15)19-11-10-18-12-16(14-21)6-9-20(18)13-19/h14-20H,2-13H2,1H3. The lowest BCUT2D eigenvalue weighted by molar-refractivity contribution is -0.113. The Morgan fingerprint density at radius 1 is 0.762 bits per heavy atom. The number of hydrogen-bond acceptors (Lipinski definition) is 1. The third-order valence-electron chi connectivity index (χ3n) is 7.14. The number of rotatable bonds is 4. The molecule has 3 rings (SSSR count). The van der Waals surface area contributed by atoms with E-state index in [9.17, 15) is 4.79 Å². The lowest BCUT2D eigenvalue weighted by Gasteiger charge is -2.44. The minimum Gasteiger partial charge on any atom is -0.303 e. The largest absolute Gasteiger partial charge is 0.303 e. The van der Waals surface area contributed by atoms with E-state index in [1.165, 1.54) is 83.3 Å². The van der Waals surface area contributed by atoms with Gasteiger partial charge in [-0.05, 0) is 81.0 Å². The van der Waals surface area contributed by atoms with Crippen molar-refractivity contribution in [1.29, 1.82) is 0 Å². The normalized spacial score (nSPS) is 44.0. The topological polar surface area (TPSA) is 17.1 Å². The summed E-state index contributed by atoms with van der Waals surface area (Å²) in [5, 5.41) is 0. The van der Waals surface area contributed by atoms with Gasteiger partial charge in [0.15, 0.2) is 0 Å². The molecule has 0 saturated heterocycles. The second-order valence-electron chi connectivity index (χ2n) is 8.37. The van der Waals surface area contributed by atoms with Crippen LogP contribution >= 0.6 is 0 Å². The monoisotopic (exact) mass is 290 g/mol. The highest BCUT2D eigenvalue weighted by Gasteiger charge is 2.38. The first-order valence-corrected chi connectivity index (χ1v) is 9.75. The molecule has 4 unspecified atom stereocenters. The molecule has 0 bridgehead atoms. The molecule has 1 heteroatoms. The van der Waals surface area contributed by atoms with Crippen LogP contribution in [0.15, 0.2) is 0 Å². The Balaban J connectivity index is 1.48. The molecule has 0 aliphatic heterocycles. The maximum absolute atomic E-state index is 11.0. The number of fused-ring (bicyclic) bond motifs is 1. The molecular formula is C20H34O. The molecule has 3 saturated carbocycles. The van der Waals surface area contributed by atoms with Gasteiger partial charge in [-0.2, -0.15) is 0 Å². The molecule has 1 nitrogen and oxygen atoms in total. The van der Waals surface area contributed by atoms with Crippen molar-refractivity contribution in [2.45, 2.75) is 84.0 Å². The van der Waals surface area contributed by atoms with E-state index in [0.717, 1.165) is 29.6 Å². The van der Waals surface area contributed by atoms with Gasteiger partial charge < -0.3 is 4.79 Å². The molecule has 4 atom stereocenters. The summed E-state index contributed by atoms with van der Waals surface area (Å²) in [5.41, 5.74) is 0.